The second-order valence-electron chi connectivity index (χ2n) is 1.25. The molecule has 0 rings (SSSR count). The van der Waals surface area contributed by atoms with Crippen LogP contribution in [0.4, 0.5) is 0 Å². The zero-order valence-electron chi connectivity index (χ0n) is 9.02. The molecule has 0 fully saturated rings. The maximum absolute atomic E-state index is 9.44. The number of rotatable bonds is 3. The van der Waals surface area contributed by atoms with Crippen LogP contribution in [0.2, 0.25) is 0 Å². The van der Waals surface area contributed by atoms with Crippen LogP contribution in [0.25, 0.3) is 0 Å². The molecule has 0 amide bonds. The van der Waals surface area contributed by atoms with Gasteiger partial charge in [0.25, 0.3) is 0 Å². The van der Waals surface area contributed by atoms with Gasteiger partial charge in [0, 0.05) is 35.9 Å². The standard InChI is InChI=1S/C5H9O.4CO.Fe.Li/c1-2-3-4-5-6;4*1-2;;/h2-4H2,1H3;;;;;;/q-1;;;;;;. The molecule has 0 aromatic rings. The number of hydrogen-bond donors (Lipinski definition) is 0. The van der Waals surface area contributed by atoms with Crippen molar-refractivity contribution in [1.82, 2.24) is 0 Å². The molecule has 0 atom stereocenters. The van der Waals surface area contributed by atoms with E-state index in [1.54, 1.807) is 0 Å². The second kappa shape index (κ2) is 199. The third-order valence-electron chi connectivity index (χ3n) is 0.632. The van der Waals surface area contributed by atoms with E-state index in [2.05, 4.69) is 33.5 Å². The van der Waals surface area contributed by atoms with Gasteiger partial charge in [-0.2, -0.15) is 6.42 Å². The Labute approximate surface area is 118 Å². The van der Waals surface area contributed by atoms with Crippen molar-refractivity contribution in [3.63, 3.8) is 0 Å². The van der Waals surface area contributed by atoms with E-state index in [1.807, 2.05) is 6.29 Å². The van der Waals surface area contributed by atoms with Gasteiger partial charge < -0.3 is 4.79 Å². The normalized spacial score (nSPS) is 3.56. The van der Waals surface area contributed by atoms with Crippen molar-refractivity contribution in [3.8, 4) is 0 Å². The summed E-state index contributed by atoms with van der Waals surface area (Å²) >= 11 is 0. The molecular weight excluding hydrogens is 251 g/mol. The van der Waals surface area contributed by atoms with Crippen LogP contribution in [-0.2, 0) is 40.5 Å². The minimum atomic E-state index is 0. The van der Waals surface area contributed by atoms with Crippen LogP contribution in [0.15, 0.2) is 0 Å². The first-order valence-electron chi connectivity index (χ1n) is 3.08. The number of hydrogen-bond acceptors (Lipinski definition) is 1. The molecule has 0 aliphatic rings. The molecule has 5 nitrogen and oxygen atoms in total. The summed E-state index contributed by atoms with van der Waals surface area (Å²) < 4.78 is 30.0. The van der Waals surface area contributed by atoms with E-state index in [0.29, 0.717) is 6.42 Å². The summed E-state index contributed by atoms with van der Waals surface area (Å²) in [6.07, 6.45) is 4.51. The van der Waals surface area contributed by atoms with Crippen LogP contribution in [0.5, 0.6) is 0 Å². The Kier molecular flexibility index (Phi) is 555. The molecular formula is C9H9FeLiO5-. The summed E-state index contributed by atoms with van der Waals surface area (Å²) in [6.45, 7) is 20.1. The summed E-state index contributed by atoms with van der Waals surface area (Å²) in [7, 11) is 0. The summed E-state index contributed by atoms with van der Waals surface area (Å²) in [5.41, 5.74) is 0. The fourth-order valence-electron chi connectivity index (χ4n) is 0.249. The van der Waals surface area contributed by atoms with Crippen LogP contribution in [0, 0.1) is 26.6 Å². The van der Waals surface area contributed by atoms with Gasteiger partial charge in [0.05, 0.1) is 0 Å². The van der Waals surface area contributed by atoms with Crippen LogP contribution in [-0.4, -0.2) is 25.1 Å². The topological polar surface area (TPSA) is 96.7 Å². The third kappa shape index (κ3) is 296. The van der Waals surface area contributed by atoms with Crippen molar-refractivity contribution in [2.75, 3.05) is 0 Å². The van der Waals surface area contributed by atoms with Gasteiger partial charge in [0.1, 0.15) is 0 Å². The van der Waals surface area contributed by atoms with Gasteiger partial charge in [-0.1, -0.05) is 19.8 Å². The Balaban J connectivity index is -0.0000000141. The summed E-state index contributed by atoms with van der Waals surface area (Å²) in [5.74, 6) is 0. The van der Waals surface area contributed by atoms with Crippen molar-refractivity contribution >= 4 is 25.1 Å². The molecule has 0 N–H and O–H groups in total. The molecule has 0 bridgehead atoms. The molecule has 1 radical (unpaired) electrons. The van der Waals surface area contributed by atoms with E-state index in [4.69, 9.17) is 18.6 Å². The first-order valence-corrected chi connectivity index (χ1v) is 3.08. The Morgan fingerprint density at radius 3 is 1.25 bits per heavy atom. The fourth-order valence-corrected chi connectivity index (χ4v) is 0.249. The van der Waals surface area contributed by atoms with E-state index in [1.165, 1.54) is 0 Å². The van der Waals surface area contributed by atoms with Crippen LogP contribution in [0.1, 0.15) is 26.2 Å². The Bertz CT molecular complexity index is 129. The summed E-state index contributed by atoms with van der Waals surface area (Å²) in [5, 5.41) is 0. The Hall–Kier alpha value is -0.253. The SMILES string of the molecule is CCCC[C-]=O.[C-]#[O+].[C-]#[O+].[C-]#[O+].[C-]#[O+].[Fe].[Li]. The molecule has 0 aromatic heterocycles. The van der Waals surface area contributed by atoms with Crippen LogP contribution >= 0.6 is 0 Å². The fraction of sp³-hybridized carbons (Fsp3) is 0.444. The van der Waals surface area contributed by atoms with E-state index in [9.17, 15) is 4.79 Å². The monoisotopic (exact) mass is 260 g/mol. The molecule has 0 spiro atoms. The van der Waals surface area contributed by atoms with E-state index < -0.39 is 0 Å². The van der Waals surface area contributed by atoms with Gasteiger partial charge in [-0.3, -0.25) is 6.29 Å². The van der Waals surface area contributed by atoms with Gasteiger partial charge in [0.2, 0.25) is 0 Å². The minimum Gasteiger partial charge on any atom is 0 e. The Morgan fingerprint density at radius 1 is 0.938 bits per heavy atom. The number of carbonyl (C=O) groups excluding carboxylic acids is 1. The first-order chi connectivity index (χ1) is 6.91. The summed E-state index contributed by atoms with van der Waals surface area (Å²) in [6, 6.07) is 0. The van der Waals surface area contributed by atoms with Crippen molar-refractivity contribution in [2.24, 2.45) is 0 Å². The van der Waals surface area contributed by atoms with Crippen LogP contribution in [0.3, 0.4) is 0 Å². The maximum Gasteiger partial charge on any atom is 0 e. The van der Waals surface area contributed by atoms with Crippen molar-refractivity contribution < 1.29 is 40.5 Å². The predicted molar refractivity (Wildman–Crippen MR) is 46.7 cm³/mol. The molecule has 0 saturated carbocycles. The molecule has 85 valence electrons. The number of unbranched alkanes of at least 4 members (excludes halogenated alkanes) is 2. The average molecular weight is 260 g/mol. The molecule has 0 aliphatic carbocycles. The zero-order valence-corrected chi connectivity index (χ0v) is 10.1. The molecule has 16 heavy (non-hydrogen) atoms. The van der Waals surface area contributed by atoms with Gasteiger partial charge in [-0.05, 0) is 0 Å². The predicted octanol–water partition coefficient (Wildman–Crippen LogP) is 0.753. The van der Waals surface area contributed by atoms with Crippen molar-refractivity contribution in [3.05, 3.63) is 26.6 Å². The van der Waals surface area contributed by atoms with E-state index >= 15 is 0 Å². The molecule has 7 heteroatoms. The third-order valence-corrected chi connectivity index (χ3v) is 0.632. The zero-order chi connectivity index (χ0) is 12.8. The van der Waals surface area contributed by atoms with Gasteiger partial charge in [-0.25, -0.2) is 0 Å². The van der Waals surface area contributed by atoms with Crippen LogP contribution < -0.4 is 0 Å². The molecule has 0 heterocycles. The van der Waals surface area contributed by atoms with E-state index in [0.717, 1.165) is 12.8 Å². The quantitative estimate of drug-likeness (QED) is 0.318. The van der Waals surface area contributed by atoms with Crippen molar-refractivity contribution in [2.45, 2.75) is 26.2 Å². The Morgan fingerprint density at radius 2 is 1.19 bits per heavy atom. The minimum absolute atomic E-state index is 0. The van der Waals surface area contributed by atoms with Gasteiger partial charge in [0.15, 0.2) is 0 Å². The molecule has 0 aliphatic heterocycles. The molecule has 0 unspecified atom stereocenters. The smallest absolute Gasteiger partial charge is 0 e. The largest absolute Gasteiger partial charge is 0 e. The second-order valence-corrected chi connectivity index (χ2v) is 1.25. The molecule has 0 saturated heterocycles. The maximum atomic E-state index is 9.44. The average Bonchev–Trinajstić information content (AvgIpc) is 2.36. The summed E-state index contributed by atoms with van der Waals surface area (Å²) in [4.78, 5) is 9.44. The van der Waals surface area contributed by atoms with E-state index in [-0.39, 0.29) is 35.9 Å². The first kappa shape index (κ1) is 44.8. The van der Waals surface area contributed by atoms with Gasteiger partial charge >= 0.3 is 45.2 Å². The van der Waals surface area contributed by atoms with Crippen molar-refractivity contribution in [1.29, 1.82) is 0 Å². The molecule has 0 aromatic carbocycles. The van der Waals surface area contributed by atoms with Gasteiger partial charge in [-0.15, -0.1) is 0 Å².